The van der Waals surface area contributed by atoms with Crippen molar-refractivity contribution >= 4 is 55.4 Å². The van der Waals surface area contributed by atoms with Crippen LogP contribution in [0.2, 0.25) is 0 Å². The van der Waals surface area contributed by atoms with Crippen LogP contribution in [0.3, 0.4) is 0 Å². The molecule has 1 heterocycles. The first-order valence-electron chi connectivity index (χ1n) is 9.59. The van der Waals surface area contributed by atoms with Crippen molar-refractivity contribution in [2.75, 3.05) is 0 Å². The van der Waals surface area contributed by atoms with E-state index in [-0.39, 0.29) is 5.56 Å². The van der Waals surface area contributed by atoms with Crippen LogP contribution in [0.25, 0.3) is 33.3 Å². The molecule has 5 aromatic rings. The van der Waals surface area contributed by atoms with Crippen LogP contribution in [0, 0.1) is 10.1 Å². The molecular formula is C24H14BrN3O4. The maximum atomic E-state index is 11.1. The Morgan fingerprint density at radius 2 is 1.84 bits per heavy atom. The maximum Gasteiger partial charge on any atom is 0.312 e. The van der Waals surface area contributed by atoms with E-state index in [4.69, 9.17) is 4.42 Å². The van der Waals surface area contributed by atoms with Crippen molar-refractivity contribution in [2.45, 2.75) is 0 Å². The first-order valence-corrected chi connectivity index (χ1v) is 10.4. The fraction of sp³-hybridized carbons (Fsp3) is 0. The fourth-order valence-electron chi connectivity index (χ4n) is 3.43. The second kappa shape index (κ2) is 7.90. The summed E-state index contributed by atoms with van der Waals surface area (Å²) in [5, 5.41) is 23.5. The first-order chi connectivity index (χ1) is 15.5. The lowest BCUT2D eigenvalue weighted by molar-refractivity contribution is -0.385. The van der Waals surface area contributed by atoms with Gasteiger partial charge in [-0.1, -0.05) is 46.3 Å². The highest BCUT2D eigenvalue weighted by Crippen LogP contribution is 2.33. The number of phenolic OH excluding ortho intramolecular Hbond substituents is 1. The quantitative estimate of drug-likeness (QED) is 0.171. The molecule has 0 unspecified atom stereocenters. The molecule has 0 bridgehead atoms. The van der Waals surface area contributed by atoms with E-state index in [9.17, 15) is 15.2 Å². The second-order valence-electron chi connectivity index (χ2n) is 7.11. The van der Waals surface area contributed by atoms with Crippen LogP contribution < -0.4 is 0 Å². The number of benzene rings is 4. The van der Waals surface area contributed by atoms with Gasteiger partial charge >= 0.3 is 5.69 Å². The summed E-state index contributed by atoms with van der Waals surface area (Å²) >= 11 is 3.21. The van der Waals surface area contributed by atoms with Gasteiger partial charge in [-0.25, -0.2) is 4.98 Å². The lowest BCUT2D eigenvalue weighted by atomic mass is 10.1. The zero-order valence-corrected chi connectivity index (χ0v) is 18.0. The molecule has 1 N–H and O–H groups in total. The van der Waals surface area contributed by atoms with E-state index in [0.717, 1.165) is 16.3 Å². The topological polar surface area (TPSA) is 102 Å². The summed E-state index contributed by atoms with van der Waals surface area (Å²) in [6.45, 7) is 0. The minimum absolute atomic E-state index is 0.223. The number of fused-ring (bicyclic) bond motifs is 2. The van der Waals surface area contributed by atoms with Crippen molar-refractivity contribution in [3.8, 4) is 17.2 Å². The summed E-state index contributed by atoms with van der Waals surface area (Å²) in [6.07, 6.45) is 1.37. The lowest BCUT2D eigenvalue weighted by Crippen LogP contribution is -1.92. The van der Waals surface area contributed by atoms with E-state index in [2.05, 4.69) is 25.9 Å². The molecule has 0 amide bonds. The molecular weight excluding hydrogens is 474 g/mol. The summed E-state index contributed by atoms with van der Waals surface area (Å²) < 4.78 is 6.42. The Hall–Kier alpha value is -4.04. The average molecular weight is 488 g/mol. The molecule has 32 heavy (non-hydrogen) atoms. The molecule has 0 saturated heterocycles. The summed E-state index contributed by atoms with van der Waals surface area (Å²) in [7, 11) is 0. The van der Waals surface area contributed by atoms with Gasteiger partial charge in [0.1, 0.15) is 5.52 Å². The summed E-state index contributed by atoms with van der Waals surface area (Å²) in [5.41, 5.74) is 2.50. The van der Waals surface area contributed by atoms with Crippen molar-refractivity contribution in [1.82, 2.24) is 4.98 Å². The Morgan fingerprint density at radius 3 is 2.66 bits per heavy atom. The number of aromatic nitrogens is 1. The predicted molar refractivity (Wildman–Crippen MR) is 127 cm³/mol. The van der Waals surface area contributed by atoms with Crippen LogP contribution in [0.4, 0.5) is 11.4 Å². The third-order valence-corrected chi connectivity index (χ3v) is 5.46. The van der Waals surface area contributed by atoms with Crippen LogP contribution in [0.15, 0.2) is 86.7 Å². The summed E-state index contributed by atoms with van der Waals surface area (Å²) in [6, 6.07) is 22.2. The number of aliphatic imine (C=N–C) groups is 1. The van der Waals surface area contributed by atoms with Crippen molar-refractivity contribution in [1.29, 1.82) is 0 Å². The normalized spacial score (nSPS) is 11.5. The van der Waals surface area contributed by atoms with Gasteiger partial charge in [0.25, 0.3) is 0 Å². The largest absolute Gasteiger partial charge is 0.502 e. The molecule has 0 atom stereocenters. The van der Waals surface area contributed by atoms with Gasteiger partial charge in [-0.05, 0) is 41.1 Å². The number of nitrogens with zero attached hydrogens (tertiary/aromatic N) is 3. The SMILES string of the molecule is O=[N+]([O-])c1cc(Br)cc(C=Nc2ccc3nc(-c4ccc5ccccc5c4)oc3c2)c1O. The summed E-state index contributed by atoms with van der Waals surface area (Å²) in [5.74, 6) is 0.0634. The van der Waals surface area contributed by atoms with E-state index in [1.807, 2.05) is 42.5 Å². The fourth-order valence-corrected chi connectivity index (χ4v) is 3.89. The molecule has 0 radical (unpaired) electrons. The number of oxazole rings is 1. The smallest absolute Gasteiger partial charge is 0.312 e. The number of rotatable bonds is 4. The molecule has 0 spiro atoms. The molecule has 0 aliphatic rings. The predicted octanol–water partition coefficient (Wildman–Crippen LogP) is 6.77. The Morgan fingerprint density at radius 1 is 1.03 bits per heavy atom. The third-order valence-electron chi connectivity index (χ3n) is 5.00. The Bertz CT molecular complexity index is 1540. The standard InChI is InChI=1S/C24H14BrN3O4/c25-18-10-17(23(29)21(11-18)28(30)31)13-26-19-7-8-20-22(12-19)32-24(27-20)16-6-5-14-3-1-2-4-15(14)9-16/h1-13,29H. The molecule has 8 heteroatoms. The molecule has 156 valence electrons. The highest BCUT2D eigenvalue weighted by molar-refractivity contribution is 9.10. The minimum Gasteiger partial charge on any atom is -0.502 e. The van der Waals surface area contributed by atoms with Gasteiger partial charge in [0, 0.05) is 33.9 Å². The van der Waals surface area contributed by atoms with Crippen molar-refractivity contribution in [2.24, 2.45) is 4.99 Å². The number of hydrogen-bond donors (Lipinski definition) is 1. The highest BCUT2D eigenvalue weighted by atomic mass is 79.9. The van der Waals surface area contributed by atoms with Gasteiger partial charge in [-0.3, -0.25) is 15.1 Å². The molecule has 0 aliphatic heterocycles. The molecule has 0 saturated carbocycles. The number of nitro benzene ring substituents is 1. The monoisotopic (exact) mass is 487 g/mol. The Labute approximate surface area is 189 Å². The first kappa shape index (κ1) is 19.9. The van der Waals surface area contributed by atoms with Gasteiger partial charge in [0.15, 0.2) is 5.58 Å². The highest BCUT2D eigenvalue weighted by Gasteiger charge is 2.17. The third kappa shape index (κ3) is 3.72. The van der Waals surface area contributed by atoms with Gasteiger partial charge in [-0.15, -0.1) is 0 Å². The number of halogens is 1. The molecule has 1 aromatic heterocycles. The van der Waals surface area contributed by atoms with Crippen LogP contribution >= 0.6 is 15.9 Å². The number of nitro groups is 1. The van der Waals surface area contributed by atoms with E-state index >= 15 is 0 Å². The minimum atomic E-state index is -0.647. The van der Waals surface area contributed by atoms with Crippen molar-refractivity contribution in [3.05, 3.63) is 92.9 Å². The van der Waals surface area contributed by atoms with Crippen molar-refractivity contribution in [3.63, 3.8) is 0 Å². The van der Waals surface area contributed by atoms with E-state index in [1.54, 1.807) is 24.3 Å². The van der Waals surface area contributed by atoms with Crippen LogP contribution in [0.1, 0.15) is 5.56 Å². The van der Waals surface area contributed by atoms with E-state index in [1.165, 1.54) is 12.3 Å². The Kier molecular flexibility index (Phi) is 4.91. The summed E-state index contributed by atoms with van der Waals surface area (Å²) in [4.78, 5) is 19.4. The molecule has 5 rings (SSSR count). The van der Waals surface area contributed by atoms with Crippen molar-refractivity contribution < 1.29 is 14.4 Å². The molecule has 7 nitrogen and oxygen atoms in total. The number of aromatic hydroxyl groups is 1. The van der Waals surface area contributed by atoms with Crippen LogP contribution in [-0.2, 0) is 0 Å². The zero-order valence-electron chi connectivity index (χ0n) is 16.4. The molecule has 0 aliphatic carbocycles. The average Bonchev–Trinajstić information content (AvgIpc) is 3.22. The lowest BCUT2D eigenvalue weighted by Gasteiger charge is -2.01. The second-order valence-corrected chi connectivity index (χ2v) is 8.03. The van der Waals surface area contributed by atoms with E-state index in [0.29, 0.717) is 27.2 Å². The van der Waals surface area contributed by atoms with Gasteiger partial charge < -0.3 is 9.52 Å². The molecule has 4 aromatic carbocycles. The van der Waals surface area contributed by atoms with Gasteiger partial charge in [0.2, 0.25) is 11.6 Å². The van der Waals surface area contributed by atoms with Gasteiger partial charge in [-0.2, -0.15) is 0 Å². The Balaban J connectivity index is 1.49. The molecule has 0 fully saturated rings. The van der Waals surface area contributed by atoms with E-state index < -0.39 is 16.4 Å². The maximum absolute atomic E-state index is 11.1. The zero-order chi connectivity index (χ0) is 22.2. The number of phenols is 1. The van der Waals surface area contributed by atoms with Crippen LogP contribution in [-0.4, -0.2) is 21.2 Å². The van der Waals surface area contributed by atoms with Gasteiger partial charge in [0.05, 0.1) is 10.6 Å². The van der Waals surface area contributed by atoms with Crippen LogP contribution in [0.5, 0.6) is 5.75 Å². The number of hydrogen-bond acceptors (Lipinski definition) is 6.